The molecule has 0 aliphatic heterocycles. The number of hydrogen-bond acceptors (Lipinski definition) is 4. The minimum Gasteiger partial charge on any atom is -0.334 e. The van der Waals surface area contributed by atoms with Gasteiger partial charge in [0.25, 0.3) is 0 Å². The highest BCUT2D eigenvalue weighted by atomic mass is 35.5. The molecular formula is C19H13Cl2N3O2. The van der Waals surface area contributed by atoms with Crippen LogP contribution in [0.4, 0.5) is 17.2 Å². The summed E-state index contributed by atoms with van der Waals surface area (Å²) in [5.74, 6) is 0.195. The van der Waals surface area contributed by atoms with Crippen molar-refractivity contribution in [3.05, 3.63) is 92.1 Å². The molecule has 3 rings (SSSR count). The highest BCUT2D eigenvalue weighted by molar-refractivity contribution is 6.34. The summed E-state index contributed by atoms with van der Waals surface area (Å²) >= 11 is 12.0. The lowest BCUT2D eigenvalue weighted by atomic mass is 10.1. The van der Waals surface area contributed by atoms with Crippen LogP contribution in [0.25, 0.3) is 12.2 Å². The van der Waals surface area contributed by atoms with E-state index in [1.165, 1.54) is 18.3 Å². The molecule has 0 bridgehead atoms. The summed E-state index contributed by atoms with van der Waals surface area (Å²) in [6, 6.07) is 15.7. The molecule has 26 heavy (non-hydrogen) atoms. The number of benzene rings is 2. The molecule has 1 aromatic heterocycles. The van der Waals surface area contributed by atoms with Gasteiger partial charge in [-0.05, 0) is 47.5 Å². The Labute approximate surface area is 160 Å². The van der Waals surface area contributed by atoms with Crippen molar-refractivity contribution in [1.29, 1.82) is 0 Å². The van der Waals surface area contributed by atoms with Crippen LogP contribution < -0.4 is 5.32 Å². The van der Waals surface area contributed by atoms with E-state index in [-0.39, 0.29) is 11.5 Å². The van der Waals surface area contributed by atoms with Gasteiger partial charge in [0.2, 0.25) is 5.82 Å². The van der Waals surface area contributed by atoms with E-state index in [9.17, 15) is 10.1 Å². The Morgan fingerprint density at radius 3 is 2.42 bits per heavy atom. The van der Waals surface area contributed by atoms with Crippen molar-refractivity contribution in [1.82, 2.24) is 4.98 Å². The fourth-order valence-electron chi connectivity index (χ4n) is 2.36. The van der Waals surface area contributed by atoms with Crippen molar-refractivity contribution in [2.45, 2.75) is 0 Å². The molecule has 1 N–H and O–H groups in total. The van der Waals surface area contributed by atoms with E-state index >= 15 is 0 Å². The molecule has 0 radical (unpaired) electrons. The smallest absolute Gasteiger partial charge is 0.311 e. The average molecular weight is 386 g/mol. The summed E-state index contributed by atoms with van der Waals surface area (Å²) in [5.41, 5.74) is 2.39. The fourth-order valence-corrected chi connectivity index (χ4v) is 2.90. The number of nitrogens with one attached hydrogen (secondary N) is 1. The second-order valence-corrected chi connectivity index (χ2v) is 6.29. The van der Waals surface area contributed by atoms with Crippen molar-refractivity contribution in [2.24, 2.45) is 0 Å². The zero-order valence-electron chi connectivity index (χ0n) is 13.4. The Bertz CT molecular complexity index is 970. The van der Waals surface area contributed by atoms with Gasteiger partial charge in [-0.15, -0.1) is 0 Å². The first-order valence-corrected chi connectivity index (χ1v) is 8.37. The first-order chi connectivity index (χ1) is 12.5. The maximum Gasteiger partial charge on any atom is 0.311 e. The highest BCUT2D eigenvalue weighted by Crippen LogP contribution is 2.25. The van der Waals surface area contributed by atoms with Crippen LogP contribution in [0.1, 0.15) is 11.1 Å². The van der Waals surface area contributed by atoms with Crippen LogP contribution in [0.15, 0.2) is 60.8 Å². The lowest BCUT2D eigenvalue weighted by Crippen LogP contribution is -1.99. The van der Waals surface area contributed by atoms with Crippen molar-refractivity contribution < 1.29 is 4.92 Å². The van der Waals surface area contributed by atoms with E-state index < -0.39 is 4.92 Å². The van der Waals surface area contributed by atoms with Crippen molar-refractivity contribution >= 4 is 52.5 Å². The number of anilines is 2. The molecule has 0 spiro atoms. The minimum atomic E-state index is -0.470. The third kappa shape index (κ3) is 4.59. The molecule has 0 aliphatic carbocycles. The molecule has 2 aromatic carbocycles. The van der Waals surface area contributed by atoms with E-state index in [1.807, 2.05) is 48.6 Å². The molecule has 0 atom stereocenters. The first kappa shape index (κ1) is 17.9. The fraction of sp³-hybridized carbons (Fsp3) is 0. The lowest BCUT2D eigenvalue weighted by Gasteiger charge is -2.06. The molecule has 5 nitrogen and oxygen atoms in total. The van der Waals surface area contributed by atoms with E-state index in [1.54, 1.807) is 6.07 Å². The predicted octanol–water partition coefficient (Wildman–Crippen LogP) is 6.21. The Hall–Kier alpha value is -2.89. The maximum absolute atomic E-state index is 11.1. The zero-order valence-corrected chi connectivity index (χ0v) is 14.9. The van der Waals surface area contributed by atoms with Gasteiger partial charge in [-0.25, -0.2) is 4.98 Å². The Morgan fingerprint density at radius 1 is 0.962 bits per heavy atom. The SMILES string of the molecule is O=[N+]([O-])c1cccnc1Nc1cccc(C=Cc2cc(Cl)cc(Cl)c2)c1. The molecule has 7 heteroatoms. The van der Waals surface area contributed by atoms with Crippen LogP contribution in [0.3, 0.4) is 0 Å². The molecule has 0 aliphatic rings. The van der Waals surface area contributed by atoms with Crippen LogP contribution >= 0.6 is 23.2 Å². The van der Waals surface area contributed by atoms with Gasteiger partial charge in [0.05, 0.1) is 4.92 Å². The minimum absolute atomic E-state index is 0.0815. The van der Waals surface area contributed by atoms with E-state index in [2.05, 4.69) is 10.3 Å². The van der Waals surface area contributed by atoms with Gasteiger partial charge in [-0.1, -0.05) is 47.5 Å². The van der Waals surface area contributed by atoms with Gasteiger partial charge in [0.15, 0.2) is 0 Å². The number of halogens is 2. The van der Waals surface area contributed by atoms with Crippen LogP contribution in [-0.4, -0.2) is 9.91 Å². The second kappa shape index (κ2) is 7.99. The monoisotopic (exact) mass is 385 g/mol. The predicted molar refractivity (Wildman–Crippen MR) is 106 cm³/mol. The van der Waals surface area contributed by atoms with Crippen molar-refractivity contribution in [3.63, 3.8) is 0 Å². The maximum atomic E-state index is 11.1. The summed E-state index contributed by atoms with van der Waals surface area (Å²) in [7, 11) is 0. The van der Waals surface area contributed by atoms with Crippen LogP contribution in [0, 0.1) is 10.1 Å². The summed E-state index contributed by atoms with van der Waals surface area (Å²) in [4.78, 5) is 14.7. The number of nitro groups is 1. The quantitative estimate of drug-likeness (QED) is 0.322. The summed E-state index contributed by atoms with van der Waals surface area (Å²) in [6.07, 6.45) is 5.29. The number of rotatable bonds is 5. The second-order valence-electron chi connectivity index (χ2n) is 5.41. The zero-order chi connectivity index (χ0) is 18.5. The van der Waals surface area contributed by atoms with Crippen LogP contribution in [0.5, 0.6) is 0 Å². The number of pyridine rings is 1. The summed E-state index contributed by atoms with van der Waals surface area (Å²) < 4.78 is 0. The molecule has 0 fully saturated rings. The number of aromatic nitrogens is 1. The molecular weight excluding hydrogens is 373 g/mol. The summed E-state index contributed by atoms with van der Waals surface area (Å²) in [6.45, 7) is 0. The largest absolute Gasteiger partial charge is 0.334 e. The molecule has 0 saturated heterocycles. The standard InChI is InChI=1S/C19H13Cl2N3O2/c20-15-9-14(10-16(21)12-15)7-6-13-3-1-4-17(11-13)23-19-18(24(25)26)5-2-8-22-19/h1-12H,(H,22,23). The van der Waals surface area contributed by atoms with Crippen LogP contribution in [0.2, 0.25) is 10.0 Å². The topological polar surface area (TPSA) is 68.1 Å². The molecule has 3 aromatic rings. The van der Waals surface area contributed by atoms with E-state index in [0.717, 1.165) is 11.1 Å². The Morgan fingerprint density at radius 2 is 1.69 bits per heavy atom. The van der Waals surface area contributed by atoms with Crippen LogP contribution in [-0.2, 0) is 0 Å². The molecule has 130 valence electrons. The number of nitrogens with zero attached hydrogens (tertiary/aromatic N) is 2. The first-order valence-electron chi connectivity index (χ1n) is 7.62. The molecule has 1 heterocycles. The van der Waals surface area contributed by atoms with Gasteiger partial charge >= 0.3 is 5.69 Å². The van der Waals surface area contributed by atoms with Gasteiger partial charge in [0, 0.05) is 28.0 Å². The van der Waals surface area contributed by atoms with Gasteiger partial charge < -0.3 is 5.32 Å². The van der Waals surface area contributed by atoms with E-state index in [0.29, 0.717) is 15.7 Å². The van der Waals surface area contributed by atoms with Gasteiger partial charge in [-0.3, -0.25) is 10.1 Å². The highest BCUT2D eigenvalue weighted by Gasteiger charge is 2.13. The van der Waals surface area contributed by atoms with Crippen molar-refractivity contribution in [3.8, 4) is 0 Å². The molecule has 0 saturated carbocycles. The molecule has 0 unspecified atom stereocenters. The normalized spacial score (nSPS) is 10.8. The Balaban J connectivity index is 1.83. The van der Waals surface area contributed by atoms with Gasteiger partial charge in [0.1, 0.15) is 0 Å². The average Bonchev–Trinajstić information content (AvgIpc) is 2.60. The van der Waals surface area contributed by atoms with Crippen molar-refractivity contribution in [2.75, 3.05) is 5.32 Å². The Kier molecular flexibility index (Phi) is 5.51. The van der Waals surface area contributed by atoms with Gasteiger partial charge in [-0.2, -0.15) is 0 Å². The third-order valence-electron chi connectivity index (χ3n) is 3.49. The summed E-state index contributed by atoms with van der Waals surface area (Å²) in [5, 5.41) is 15.2. The number of hydrogen-bond donors (Lipinski definition) is 1. The third-order valence-corrected chi connectivity index (χ3v) is 3.92. The molecule has 0 amide bonds. The lowest BCUT2D eigenvalue weighted by molar-refractivity contribution is -0.384. The van der Waals surface area contributed by atoms with E-state index in [4.69, 9.17) is 23.2 Å².